The van der Waals surface area contributed by atoms with Gasteiger partial charge in [-0.1, -0.05) is 36.4 Å². The van der Waals surface area contributed by atoms with E-state index in [-0.39, 0.29) is 5.56 Å². The van der Waals surface area contributed by atoms with Crippen LogP contribution in [-0.2, 0) is 0 Å². The lowest BCUT2D eigenvalue weighted by Crippen LogP contribution is -2.26. The normalized spacial score (nSPS) is 13.8. The van der Waals surface area contributed by atoms with Crippen molar-refractivity contribution in [3.63, 3.8) is 0 Å². The highest BCUT2D eigenvalue weighted by atomic mass is 16.5. The topological polar surface area (TPSA) is 91.1 Å². The molecule has 1 aliphatic heterocycles. The maximum Gasteiger partial charge on any atom is 0.259 e. The second-order valence-corrected chi connectivity index (χ2v) is 9.47. The van der Waals surface area contributed by atoms with Crippen molar-refractivity contribution in [1.29, 1.82) is 0 Å². The Morgan fingerprint density at radius 1 is 0.789 bits per heavy atom. The van der Waals surface area contributed by atoms with Gasteiger partial charge in [0, 0.05) is 23.6 Å². The molecule has 0 aliphatic carbocycles. The highest BCUT2D eigenvalue weighted by Gasteiger charge is 2.15. The number of fused-ring (bicyclic) bond motifs is 1. The number of anilines is 4. The minimum Gasteiger partial charge on any atom is -0.457 e. The molecule has 7 nitrogen and oxygen atoms in total. The van der Waals surface area contributed by atoms with Crippen LogP contribution in [0.3, 0.4) is 0 Å². The summed E-state index contributed by atoms with van der Waals surface area (Å²) >= 11 is 0. The summed E-state index contributed by atoms with van der Waals surface area (Å²) in [5.41, 5.74) is 2.87. The third kappa shape index (κ3) is 5.38. The monoisotopic (exact) mass is 503 g/mol. The fraction of sp³-hybridized carbons (Fsp3) is 0.161. The SMILES string of the molecule is O=c1[nH]ccc2cc(Nc3cccc(Oc4ccccc4)c3)nc(Nc3ccc(C4CCNCC4)cc3)c12. The number of H-pyrrole nitrogens is 1. The molecule has 0 unspecified atom stereocenters. The molecule has 5 aromatic rings. The lowest BCUT2D eigenvalue weighted by molar-refractivity contribution is 0.460. The fourth-order valence-corrected chi connectivity index (χ4v) is 4.91. The summed E-state index contributed by atoms with van der Waals surface area (Å²) in [5, 5.41) is 11.5. The van der Waals surface area contributed by atoms with Gasteiger partial charge < -0.3 is 25.7 Å². The quantitative estimate of drug-likeness (QED) is 0.198. The molecule has 3 aromatic carbocycles. The molecule has 1 saturated heterocycles. The Balaban J connectivity index is 1.27. The maximum absolute atomic E-state index is 12.8. The van der Waals surface area contributed by atoms with Crippen molar-refractivity contribution in [2.45, 2.75) is 18.8 Å². The van der Waals surface area contributed by atoms with E-state index in [1.807, 2.05) is 66.7 Å². The number of hydrogen-bond acceptors (Lipinski definition) is 6. The van der Waals surface area contributed by atoms with Gasteiger partial charge in [-0.3, -0.25) is 4.79 Å². The second kappa shape index (κ2) is 10.8. The fourth-order valence-electron chi connectivity index (χ4n) is 4.91. The summed E-state index contributed by atoms with van der Waals surface area (Å²) in [6.45, 7) is 2.12. The Hall–Kier alpha value is -4.62. The third-order valence-electron chi connectivity index (χ3n) is 6.82. The lowest BCUT2D eigenvalue weighted by atomic mass is 9.90. The van der Waals surface area contributed by atoms with E-state index in [0.717, 1.165) is 48.4 Å². The van der Waals surface area contributed by atoms with Crippen molar-refractivity contribution in [2.75, 3.05) is 23.7 Å². The molecule has 6 rings (SSSR count). The van der Waals surface area contributed by atoms with Crippen molar-refractivity contribution in [2.24, 2.45) is 0 Å². The number of para-hydroxylation sites is 1. The number of benzene rings is 3. The van der Waals surface area contributed by atoms with E-state index in [1.54, 1.807) is 6.20 Å². The van der Waals surface area contributed by atoms with Crippen LogP contribution in [0, 0.1) is 0 Å². The van der Waals surface area contributed by atoms with Crippen LogP contribution in [0.25, 0.3) is 10.8 Å². The molecule has 7 heteroatoms. The summed E-state index contributed by atoms with van der Waals surface area (Å²) in [6.07, 6.45) is 3.96. The summed E-state index contributed by atoms with van der Waals surface area (Å²) in [6, 6.07) is 29.6. The molecule has 0 amide bonds. The number of piperidine rings is 1. The predicted octanol–water partition coefficient (Wildman–Crippen LogP) is 6.67. The molecule has 0 bridgehead atoms. The molecular weight excluding hydrogens is 474 g/mol. The number of nitrogens with zero attached hydrogens (tertiary/aromatic N) is 1. The smallest absolute Gasteiger partial charge is 0.259 e. The van der Waals surface area contributed by atoms with Crippen molar-refractivity contribution in [1.82, 2.24) is 15.3 Å². The predicted molar refractivity (Wildman–Crippen MR) is 153 cm³/mol. The van der Waals surface area contributed by atoms with E-state index < -0.39 is 0 Å². The van der Waals surface area contributed by atoms with Crippen LogP contribution in [0.1, 0.15) is 24.3 Å². The Kier molecular flexibility index (Phi) is 6.74. The molecule has 1 aliphatic rings. The molecule has 0 atom stereocenters. The average molecular weight is 504 g/mol. The van der Waals surface area contributed by atoms with Crippen molar-refractivity contribution >= 4 is 33.8 Å². The first kappa shape index (κ1) is 23.8. The van der Waals surface area contributed by atoms with E-state index in [2.05, 4.69) is 45.2 Å². The van der Waals surface area contributed by atoms with Gasteiger partial charge in [0.1, 0.15) is 23.1 Å². The number of pyridine rings is 2. The summed E-state index contributed by atoms with van der Waals surface area (Å²) < 4.78 is 5.98. The number of aromatic amines is 1. The van der Waals surface area contributed by atoms with Gasteiger partial charge in [0.25, 0.3) is 5.56 Å². The van der Waals surface area contributed by atoms with Crippen molar-refractivity contribution in [3.05, 3.63) is 113 Å². The number of rotatable bonds is 7. The van der Waals surface area contributed by atoms with Gasteiger partial charge in [0.15, 0.2) is 0 Å². The van der Waals surface area contributed by atoms with E-state index in [1.165, 1.54) is 5.56 Å². The van der Waals surface area contributed by atoms with Gasteiger partial charge in [-0.05, 0) is 91.3 Å². The minimum absolute atomic E-state index is 0.186. The number of nitrogens with one attached hydrogen (secondary N) is 4. The zero-order chi connectivity index (χ0) is 25.7. The van der Waals surface area contributed by atoms with Crippen LogP contribution in [0.15, 0.2) is 102 Å². The molecule has 4 N–H and O–H groups in total. The Bertz CT molecular complexity index is 1590. The van der Waals surface area contributed by atoms with E-state index in [4.69, 9.17) is 9.72 Å². The van der Waals surface area contributed by atoms with Gasteiger partial charge in [0.05, 0.1) is 5.39 Å². The van der Waals surface area contributed by atoms with Gasteiger partial charge in [-0.15, -0.1) is 0 Å². The number of ether oxygens (including phenoxy) is 1. The molecule has 1 fully saturated rings. The van der Waals surface area contributed by atoms with Gasteiger partial charge >= 0.3 is 0 Å². The Labute approximate surface area is 220 Å². The highest BCUT2D eigenvalue weighted by molar-refractivity contribution is 5.94. The van der Waals surface area contributed by atoms with Crippen LogP contribution >= 0.6 is 0 Å². The highest BCUT2D eigenvalue weighted by Crippen LogP contribution is 2.30. The first-order valence-corrected chi connectivity index (χ1v) is 12.9. The zero-order valence-corrected chi connectivity index (χ0v) is 20.9. The molecular formula is C31H29N5O2. The minimum atomic E-state index is -0.186. The van der Waals surface area contributed by atoms with Gasteiger partial charge in [-0.2, -0.15) is 0 Å². The van der Waals surface area contributed by atoms with Crippen LogP contribution < -0.4 is 26.2 Å². The van der Waals surface area contributed by atoms with E-state index >= 15 is 0 Å². The van der Waals surface area contributed by atoms with Gasteiger partial charge in [0.2, 0.25) is 0 Å². The van der Waals surface area contributed by atoms with Crippen molar-refractivity contribution in [3.8, 4) is 11.5 Å². The number of hydrogen-bond donors (Lipinski definition) is 4. The molecule has 3 heterocycles. The van der Waals surface area contributed by atoms with Crippen LogP contribution in [0.5, 0.6) is 11.5 Å². The van der Waals surface area contributed by atoms with Crippen molar-refractivity contribution < 1.29 is 4.74 Å². The standard InChI is InChI=1S/C31H29N5O2/c37-31-29-23(15-18-33-31)19-28(34-25-5-4-8-27(20-25)38-26-6-2-1-3-7-26)36-30(29)35-24-11-9-21(10-12-24)22-13-16-32-17-14-22/h1-12,15,18-20,22,32H,13-14,16-17H2,(H,33,37)(H2,34,35,36). The van der Waals surface area contributed by atoms with Gasteiger partial charge in [-0.25, -0.2) is 4.98 Å². The summed E-state index contributed by atoms with van der Waals surface area (Å²) in [4.78, 5) is 20.3. The maximum atomic E-state index is 12.8. The molecule has 190 valence electrons. The Morgan fingerprint density at radius 3 is 2.39 bits per heavy atom. The first-order valence-electron chi connectivity index (χ1n) is 12.9. The summed E-state index contributed by atoms with van der Waals surface area (Å²) in [7, 11) is 0. The summed E-state index contributed by atoms with van der Waals surface area (Å²) in [5.74, 6) is 3.18. The van der Waals surface area contributed by atoms with Crippen LogP contribution in [0.2, 0.25) is 0 Å². The second-order valence-electron chi connectivity index (χ2n) is 9.47. The molecule has 2 aromatic heterocycles. The van der Waals surface area contributed by atoms with E-state index in [0.29, 0.717) is 28.7 Å². The van der Waals surface area contributed by atoms with Crippen LogP contribution in [-0.4, -0.2) is 23.1 Å². The largest absolute Gasteiger partial charge is 0.457 e. The van der Waals surface area contributed by atoms with Crippen LogP contribution in [0.4, 0.5) is 23.0 Å². The molecule has 0 spiro atoms. The molecule has 0 radical (unpaired) electrons. The zero-order valence-electron chi connectivity index (χ0n) is 20.9. The molecule has 0 saturated carbocycles. The number of aromatic nitrogens is 2. The average Bonchev–Trinajstić information content (AvgIpc) is 2.95. The Morgan fingerprint density at radius 2 is 1.58 bits per heavy atom. The third-order valence-corrected chi connectivity index (χ3v) is 6.82. The molecule has 38 heavy (non-hydrogen) atoms. The van der Waals surface area contributed by atoms with E-state index in [9.17, 15) is 4.79 Å². The first-order chi connectivity index (χ1) is 18.7. The lowest BCUT2D eigenvalue weighted by Gasteiger charge is -2.23.